The Morgan fingerprint density at radius 2 is 1.81 bits per heavy atom. The van der Waals surface area contributed by atoms with Crippen LogP contribution < -0.4 is 10.1 Å². The lowest BCUT2D eigenvalue weighted by Gasteiger charge is -2.11. The molecule has 0 aliphatic heterocycles. The Hall–Kier alpha value is -2.05. The lowest BCUT2D eigenvalue weighted by molar-refractivity contribution is -0.118. The van der Waals surface area contributed by atoms with Crippen molar-refractivity contribution in [2.75, 3.05) is 19.0 Å². The topological polar surface area (TPSA) is 64.6 Å². The zero-order valence-corrected chi connectivity index (χ0v) is 16.8. The summed E-state index contributed by atoms with van der Waals surface area (Å²) in [5.41, 5.74) is 1.53. The first-order valence-corrected chi connectivity index (χ1v) is 10.2. The highest BCUT2D eigenvalue weighted by Gasteiger charge is 2.25. The molecule has 1 heterocycles. The number of carbonyl (C=O) groups excluding carboxylic acids is 2. The Labute approximate surface area is 167 Å². The van der Waals surface area contributed by atoms with E-state index in [0.717, 1.165) is 37.7 Å². The predicted octanol–water partition coefficient (Wildman–Crippen LogP) is 4.86. The summed E-state index contributed by atoms with van der Waals surface area (Å²) in [6, 6.07) is 6.80. The molecule has 1 N–H and O–H groups in total. The molecule has 5 nitrogen and oxygen atoms in total. The largest absolute Gasteiger partial charge is 0.484 e. The van der Waals surface area contributed by atoms with Gasteiger partial charge >= 0.3 is 5.97 Å². The molecule has 0 saturated carbocycles. The summed E-state index contributed by atoms with van der Waals surface area (Å²) in [6.07, 6.45) is 6.27. The van der Waals surface area contributed by atoms with Crippen molar-refractivity contribution in [3.8, 4) is 5.75 Å². The van der Waals surface area contributed by atoms with Gasteiger partial charge in [-0.15, -0.1) is 11.3 Å². The number of ether oxygens (including phenoxy) is 2. The normalized spacial score (nSPS) is 13.9. The lowest BCUT2D eigenvalue weighted by atomic mass is 9.96. The minimum atomic E-state index is -0.401. The molecule has 1 aliphatic carbocycles. The van der Waals surface area contributed by atoms with Gasteiger partial charge in [-0.25, -0.2) is 4.79 Å². The van der Waals surface area contributed by atoms with Crippen molar-refractivity contribution in [3.63, 3.8) is 0 Å². The van der Waals surface area contributed by atoms with Crippen molar-refractivity contribution in [2.45, 2.75) is 38.5 Å². The van der Waals surface area contributed by atoms with E-state index in [1.54, 1.807) is 24.3 Å². The maximum absolute atomic E-state index is 12.4. The maximum atomic E-state index is 12.4. The molecule has 1 aromatic carbocycles. The lowest BCUT2D eigenvalue weighted by Crippen LogP contribution is -2.21. The molecule has 3 rings (SSSR count). The highest BCUT2D eigenvalue weighted by atomic mass is 35.5. The summed E-state index contributed by atoms with van der Waals surface area (Å²) in [5.74, 6) is -0.160. The number of esters is 1. The molecule has 0 spiro atoms. The van der Waals surface area contributed by atoms with Gasteiger partial charge in [0.15, 0.2) is 6.61 Å². The van der Waals surface area contributed by atoms with E-state index >= 15 is 0 Å². The number of carbonyl (C=O) groups is 2. The van der Waals surface area contributed by atoms with Crippen LogP contribution in [0, 0.1) is 0 Å². The van der Waals surface area contributed by atoms with Gasteiger partial charge < -0.3 is 14.8 Å². The fraction of sp³-hybridized carbons (Fsp3) is 0.400. The maximum Gasteiger partial charge on any atom is 0.341 e. The van der Waals surface area contributed by atoms with E-state index in [1.807, 2.05) is 0 Å². The minimum absolute atomic E-state index is 0.148. The fourth-order valence-electron chi connectivity index (χ4n) is 3.17. The third kappa shape index (κ3) is 5.02. The number of nitrogens with one attached hydrogen (secondary N) is 1. The van der Waals surface area contributed by atoms with Crippen LogP contribution in [0.5, 0.6) is 5.75 Å². The number of methoxy groups -OCH3 is 1. The predicted molar refractivity (Wildman–Crippen MR) is 107 cm³/mol. The fourth-order valence-corrected chi connectivity index (χ4v) is 4.59. The standard InChI is InChI=1S/C20H22ClNO4S/c1-25-20(24)18-15-6-4-2-3-5-7-16(15)27-19(18)22-17(23)12-26-14-10-8-13(21)9-11-14/h8-11H,2-7,12H2,1H3,(H,22,23). The number of aryl methyl sites for hydroxylation is 1. The van der Waals surface area contributed by atoms with E-state index in [9.17, 15) is 9.59 Å². The molecule has 1 aliphatic rings. The van der Waals surface area contributed by atoms with Crippen LogP contribution in [0.1, 0.15) is 46.5 Å². The summed E-state index contributed by atoms with van der Waals surface area (Å²) >= 11 is 7.31. The molecule has 0 radical (unpaired) electrons. The van der Waals surface area contributed by atoms with Gasteiger partial charge in [-0.05, 0) is 55.5 Å². The van der Waals surface area contributed by atoms with Crippen LogP contribution in [0.4, 0.5) is 5.00 Å². The summed E-state index contributed by atoms with van der Waals surface area (Å²) in [5, 5.41) is 3.99. The number of thiophene rings is 1. The van der Waals surface area contributed by atoms with Crippen LogP contribution in [0.25, 0.3) is 0 Å². The van der Waals surface area contributed by atoms with Gasteiger partial charge in [-0.1, -0.05) is 24.4 Å². The molecule has 0 saturated heterocycles. The Balaban J connectivity index is 1.74. The third-order valence-electron chi connectivity index (χ3n) is 4.50. The van der Waals surface area contributed by atoms with Crippen molar-refractivity contribution >= 4 is 39.8 Å². The molecule has 144 valence electrons. The number of amides is 1. The van der Waals surface area contributed by atoms with E-state index in [2.05, 4.69) is 5.32 Å². The Morgan fingerprint density at radius 1 is 1.11 bits per heavy atom. The summed E-state index contributed by atoms with van der Waals surface area (Å²) < 4.78 is 10.4. The van der Waals surface area contributed by atoms with Crippen molar-refractivity contribution in [1.29, 1.82) is 0 Å². The van der Waals surface area contributed by atoms with Gasteiger partial charge in [0.1, 0.15) is 10.8 Å². The average molecular weight is 408 g/mol. The number of hydrogen-bond acceptors (Lipinski definition) is 5. The Morgan fingerprint density at radius 3 is 2.52 bits per heavy atom. The van der Waals surface area contributed by atoms with Gasteiger partial charge in [-0.3, -0.25) is 4.79 Å². The molecular weight excluding hydrogens is 386 g/mol. The van der Waals surface area contributed by atoms with Crippen LogP contribution in [-0.4, -0.2) is 25.6 Å². The highest BCUT2D eigenvalue weighted by molar-refractivity contribution is 7.17. The number of anilines is 1. The first kappa shape index (κ1) is 19.7. The second kappa shape index (κ2) is 9.24. The molecule has 7 heteroatoms. The number of halogens is 1. The van der Waals surface area contributed by atoms with Gasteiger partial charge in [-0.2, -0.15) is 0 Å². The van der Waals surface area contributed by atoms with Crippen molar-refractivity contribution < 1.29 is 19.1 Å². The van der Waals surface area contributed by atoms with Crippen LogP contribution in [0.3, 0.4) is 0 Å². The van der Waals surface area contributed by atoms with Crippen molar-refractivity contribution in [3.05, 3.63) is 45.3 Å². The van der Waals surface area contributed by atoms with Crippen molar-refractivity contribution in [1.82, 2.24) is 0 Å². The Kier molecular flexibility index (Phi) is 6.74. The molecule has 2 aromatic rings. The van der Waals surface area contributed by atoms with Crippen LogP contribution >= 0.6 is 22.9 Å². The summed E-state index contributed by atoms with van der Waals surface area (Å²) in [6.45, 7) is -0.148. The van der Waals surface area contributed by atoms with E-state index in [4.69, 9.17) is 21.1 Å². The van der Waals surface area contributed by atoms with Crippen LogP contribution in [0.2, 0.25) is 5.02 Å². The smallest absolute Gasteiger partial charge is 0.341 e. The van der Waals surface area contributed by atoms with Crippen LogP contribution in [0.15, 0.2) is 24.3 Å². The second-order valence-electron chi connectivity index (χ2n) is 6.40. The van der Waals surface area contributed by atoms with Gasteiger partial charge in [0.05, 0.1) is 12.7 Å². The monoisotopic (exact) mass is 407 g/mol. The molecule has 27 heavy (non-hydrogen) atoms. The molecule has 1 aromatic heterocycles. The minimum Gasteiger partial charge on any atom is -0.484 e. The quantitative estimate of drug-likeness (QED) is 0.718. The number of hydrogen-bond donors (Lipinski definition) is 1. The SMILES string of the molecule is COC(=O)c1c(NC(=O)COc2ccc(Cl)cc2)sc2c1CCCCCC2. The summed E-state index contributed by atoms with van der Waals surface area (Å²) in [7, 11) is 1.37. The molecule has 0 unspecified atom stereocenters. The van der Waals surface area contributed by atoms with Crippen LogP contribution in [-0.2, 0) is 22.4 Å². The molecule has 0 atom stereocenters. The molecule has 0 bridgehead atoms. The van der Waals surface area contributed by atoms with Gasteiger partial charge in [0, 0.05) is 9.90 Å². The van der Waals surface area contributed by atoms with E-state index < -0.39 is 5.97 Å². The van der Waals surface area contributed by atoms with E-state index in [-0.39, 0.29) is 12.5 Å². The van der Waals surface area contributed by atoms with Crippen molar-refractivity contribution in [2.24, 2.45) is 0 Å². The first-order chi connectivity index (χ1) is 13.1. The summed E-state index contributed by atoms with van der Waals surface area (Å²) in [4.78, 5) is 25.9. The van der Waals surface area contributed by atoms with Gasteiger partial charge in [0.2, 0.25) is 0 Å². The number of fused-ring (bicyclic) bond motifs is 1. The number of benzene rings is 1. The second-order valence-corrected chi connectivity index (χ2v) is 7.95. The van der Waals surface area contributed by atoms with E-state index in [0.29, 0.717) is 21.3 Å². The number of rotatable bonds is 5. The molecular formula is C20H22ClNO4S. The average Bonchev–Trinajstić information content (AvgIpc) is 2.96. The first-order valence-electron chi connectivity index (χ1n) is 8.99. The Bertz CT molecular complexity index is 816. The highest BCUT2D eigenvalue weighted by Crippen LogP contribution is 2.37. The van der Waals surface area contributed by atoms with E-state index in [1.165, 1.54) is 29.7 Å². The van der Waals surface area contributed by atoms with Gasteiger partial charge in [0.25, 0.3) is 5.91 Å². The zero-order valence-electron chi connectivity index (χ0n) is 15.2. The zero-order chi connectivity index (χ0) is 19.2. The molecule has 0 fully saturated rings. The molecule has 1 amide bonds. The third-order valence-corrected chi connectivity index (χ3v) is 5.96.